The van der Waals surface area contributed by atoms with Crippen LogP contribution in [0.25, 0.3) is 0 Å². The molecular formula is C27H34N2O2. The molecule has 0 aromatic heterocycles. The summed E-state index contributed by atoms with van der Waals surface area (Å²) in [4.78, 5) is 13.2. The predicted octanol–water partition coefficient (Wildman–Crippen LogP) is 6.60. The van der Waals surface area contributed by atoms with Gasteiger partial charge in [-0.3, -0.25) is 4.79 Å². The minimum atomic E-state index is 0.0294. The van der Waals surface area contributed by atoms with E-state index in [1.807, 2.05) is 30.3 Å². The maximum atomic E-state index is 13.2. The highest BCUT2D eigenvalue weighted by atomic mass is 16.5. The molecule has 1 fully saturated rings. The van der Waals surface area contributed by atoms with E-state index in [1.54, 1.807) is 12.1 Å². The fraction of sp³-hybridized carbons (Fsp3) is 0.481. The van der Waals surface area contributed by atoms with E-state index in [-0.39, 0.29) is 22.8 Å². The van der Waals surface area contributed by atoms with Crippen LogP contribution in [0.4, 0.5) is 0 Å². The number of carbonyl (C=O) groups excluding carboxylic acids is 1. The van der Waals surface area contributed by atoms with Gasteiger partial charge in [-0.05, 0) is 88.3 Å². The molecule has 1 N–H and O–H groups in total. The van der Waals surface area contributed by atoms with Crippen LogP contribution in [0.1, 0.15) is 88.2 Å². The summed E-state index contributed by atoms with van der Waals surface area (Å²) in [7, 11) is 0. The lowest BCUT2D eigenvalue weighted by Crippen LogP contribution is -2.57. The van der Waals surface area contributed by atoms with Crippen LogP contribution in [-0.4, -0.2) is 16.9 Å². The second-order valence-corrected chi connectivity index (χ2v) is 10.4. The van der Waals surface area contributed by atoms with E-state index in [0.29, 0.717) is 29.4 Å². The van der Waals surface area contributed by atoms with Gasteiger partial charge in [-0.15, -0.1) is 0 Å². The van der Waals surface area contributed by atoms with Crippen molar-refractivity contribution < 1.29 is 9.53 Å². The van der Waals surface area contributed by atoms with Crippen molar-refractivity contribution in [2.75, 3.05) is 0 Å². The third kappa shape index (κ3) is 5.74. The van der Waals surface area contributed by atoms with Crippen molar-refractivity contribution in [2.24, 2.45) is 5.92 Å². The first-order valence-corrected chi connectivity index (χ1v) is 11.1. The van der Waals surface area contributed by atoms with E-state index in [4.69, 9.17) is 4.74 Å². The Bertz CT molecular complexity index is 983. The molecular weight excluding hydrogens is 384 g/mol. The van der Waals surface area contributed by atoms with Crippen molar-refractivity contribution in [3.8, 4) is 17.6 Å². The molecule has 0 spiro atoms. The van der Waals surface area contributed by atoms with Crippen molar-refractivity contribution in [2.45, 2.75) is 77.8 Å². The SMILES string of the molecule is CC(C)c1cc(C(=O)CC2CC(C)(C)NC(C)(C)C2)ccc1Oc1ccccc1C#N. The molecule has 0 atom stereocenters. The van der Waals surface area contributed by atoms with Gasteiger partial charge in [0.25, 0.3) is 0 Å². The van der Waals surface area contributed by atoms with Gasteiger partial charge in [0.2, 0.25) is 0 Å². The maximum Gasteiger partial charge on any atom is 0.163 e. The van der Waals surface area contributed by atoms with E-state index < -0.39 is 0 Å². The number of rotatable bonds is 6. The van der Waals surface area contributed by atoms with Crippen molar-refractivity contribution in [3.05, 3.63) is 59.2 Å². The third-order valence-corrected chi connectivity index (χ3v) is 5.93. The molecule has 4 heteroatoms. The van der Waals surface area contributed by atoms with Gasteiger partial charge >= 0.3 is 0 Å². The Kier molecular flexibility index (Phi) is 6.57. The number of hydrogen-bond acceptors (Lipinski definition) is 4. The lowest BCUT2D eigenvalue weighted by Gasteiger charge is -2.46. The number of benzene rings is 2. The van der Waals surface area contributed by atoms with Gasteiger partial charge in [-0.1, -0.05) is 26.0 Å². The Morgan fingerprint density at radius 1 is 1.10 bits per heavy atom. The summed E-state index contributed by atoms with van der Waals surface area (Å²) in [6.07, 6.45) is 2.54. The molecule has 3 rings (SSSR count). The Hall–Kier alpha value is -2.64. The number of carbonyl (C=O) groups is 1. The van der Waals surface area contributed by atoms with E-state index in [2.05, 4.69) is 52.9 Å². The van der Waals surface area contributed by atoms with Crippen LogP contribution in [0.2, 0.25) is 0 Å². The zero-order valence-electron chi connectivity index (χ0n) is 19.6. The molecule has 1 heterocycles. The van der Waals surface area contributed by atoms with E-state index >= 15 is 0 Å². The molecule has 0 saturated carbocycles. The zero-order chi connectivity index (χ0) is 22.8. The van der Waals surface area contributed by atoms with Crippen molar-refractivity contribution in [1.82, 2.24) is 5.32 Å². The largest absolute Gasteiger partial charge is 0.456 e. The quantitative estimate of drug-likeness (QED) is 0.537. The molecule has 0 aliphatic carbocycles. The highest BCUT2D eigenvalue weighted by Gasteiger charge is 2.38. The second-order valence-electron chi connectivity index (χ2n) is 10.4. The average Bonchev–Trinajstić information content (AvgIpc) is 2.66. The maximum absolute atomic E-state index is 13.2. The van der Waals surface area contributed by atoms with Crippen LogP contribution in [0.15, 0.2) is 42.5 Å². The van der Waals surface area contributed by atoms with Crippen LogP contribution in [0.3, 0.4) is 0 Å². The fourth-order valence-electron chi connectivity index (χ4n) is 5.09. The first-order chi connectivity index (χ1) is 14.5. The standard InChI is InChI=1S/C27H34N2O2/c1-18(2)22-14-20(11-12-25(22)31-24-10-8-7-9-21(24)17-28)23(30)13-19-15-26(3,4)29-27(5,6)16-19/h7-12,14,18-19,29H,13,15-16H2,1-6H3. The lowest BCUT2D eigenvalue weighted by molar-refractivity contribution is 0.0864. The van der Waals surface area contributed by atoms with Crippen LogP contribution < -0.4 is 10.1 Å². The number of nitriles is 1. The van der Waals surface area contributed by atoms with Gasteiger partial charge in [0.05, 0.1) is 5.56 Å². The Morgan fingerprint density at radius 3 is 2.35 bits per heavy atom. The molecule has 1 saturated heterocycles. The summed E-state index contributed by atoms with van der Waals surface area (Å²) in [5.41, 5.74) is 2.26. The summed E-state index contributed by atoms with van der Waals surface area (Å²) in [6, 6.07) is 15.1. The number of nitrogens with one attached hydrogen (secondary N) is 1. The van der Waals surface area contributed by atoms with E-state index in [0.717, 1.165) is 24.0 Å². The van der Waals surface area contributed by atoms with Crippen molar-refractivity contribution >= 4 is 5.78 Å². The lowest BCUT2D eigenvalue weighted by atomic mass is 9.74. The molecule has 1 aliphatic rings. The molecule has 0 unspecified atom stereocenters. The minimum absolute atomic E-state index is 0.0294. The molecule has 164 valence electrons. The number of ketones is 1. The summed E-state index contributed by atoms with van der Waals surface area (Å²) >= 11 is 0. The molecule has 31 heavy (non-hydrogen) atoms. The van der Waals surface area contributed by atoms with Gasteiger partial charge in [0.1, 0.15) is 17.6 Å². The van der Waals surface area contributed by atoms with Gasteiger partial charge in [-0.2, -0.15) is 5.26 Å². The predicted molar refractivity (Wildman–Crippen MR) is 125 cm³/mol. The van der Waals surface area contributed by atoms with Gasteiger partial charge in [0, 0.05) is 23.1 Å². The molecule has 4 nitrogen and oxygen atoms in total. The first-order valence-electron chi connectivity index (χ1n) is 11.1. The average molecular weight is 419 g/mol. The van der Waals surface area contributed by atoms with Gasteiger partial charge < -0.3 is 10.1 Å². The zero-order valence-corrected chi connectivity index (χ0v) is 19.6. The number of piperidine rings is 1. The third-order valence-electron chi connectivity index (χ3n) is 5.93. The monoisotopic (exact) mass is 418 g/mol. The summed E-state index contributed by atoms with van der Waals surface area (Å²) < 4.78 is 6.09. The number of ether oxygens (including phenoxy) is 1. The molecule has 2 aromatic rings. The smallest absolute Gasteiger partial charge is 0.163 e. The Labute approximate surface area is 186 Å². The van der Waals surface area contributed by atoms with Crippen molar-refractivity contribution in [3.63, 3.8) is 0 Å². The van der Waals surface area contributed by atoms with Crippen LogP contribution in [0, 0.1) is 17.2 Å². The summed E-state index contributed by atoms with van der Waals surface area (Å²) in [5, 5.41) is 13.0. The van der Waals surface area contributed by atoms with Gasteiger partial charge in [0.15, 0.2) is 5.78 Å². The first kappa shape index (κ1) is 23.0. The normalized spacial score (nSPS) is 17.9. The number of Topliss-reactive ketones (excluding diaryl/α,β-unsaturated/α-hetero) is 1. The second kappa shape index (κ2) is 8.85. The number of nitrogens with zero attached hydrogens (tertiary/aromatic N) is 1. The van der Waals surface area contributed by atoms with E-state index in [1.165, 1.54) is 0 Å². The number of hydrogen-bond donors (Lipinski definition) is 1. The van der Waals surface area contributed by atoms with Crippen LogP contribution >= 0.6 is 0 Å². The molecule has 1 aliphatic heterocycles. The minimum Gasteiger partial charge on any atom is -0.456 e. The van der Waals surface area contributed by atoms with Crippen LogP contribution in [0.5, 0.6) is 11.5 Å². The van der Waals surface area contributed by atoms with Crippen LogP contribution in [-0.2, 0) is 0 Å². The number of para-hydroxylation sites is 1. The Morgan fingerprint density at radius 2 is 1.74 bits per heavy atom. The summed E-state index contributed by atoms with van der Waals surface area (Å²) in [6.45, 7) is 13.0. The van der Waals surface area contributed by atoms with Crippen molar-refractivity contribution in [1.29, 1.82) is 5.26 Å². The molecule has 0 radical (unpaired) electrons. The van der Waals surface area contributed by atoms with E-state index in [9.17, 15) is 10.1 Å². The van der Waals surface area contributed by atoms with Gasteiger partial charge in [-0.25, -0.2) is 0 Å². The highest BCUT2D eigenvalue weighted by molar-refractivity contribution is 5.96. The highest BCUT2D eigenvalue weighted by Crippen LogP contribution is 2.37. The fourth-order valence-corrected chi connectivity index (χ4v) is 5.09. The Balaban J connectivity index is 1.82. The summed E-state index contributed by atoms with van der Waals surface area (Å²) in [5.74, 6) is 1.96. The molecule has 0 amide bonds. The molecule has 0 bridgehead atoms. The topological polar surface area (TPSA) is 62.1 Å². The molecule has 2 aromatic carbocycles.